The molecular formula is C21H11ClNO5S-. The van der Waals surface area contributed by atoms with Crippen LogP contribution in [0.4, 0.5) is 10.5 Å². The quantitative estimate of drug-likeness (QED) is 0.583. The Morgan fingerprint density at radius 2 is 1.69 bits per heavy atom. The second-order valence-corrected chi connectivity index (χ2v) is 7.49. The third kappa shape index (κ3) is 3.83. The molecule has 1 aliphatic rings. The maximum Gasteiger partial charge on any atom is 0.298 e. The minimum absolute atomic E-state index is 0.0661. The largest absolute Gasteiger partial charge is 0.545 e. The molecule has 0 unspecified atom stereocenters. The average molecular weight is 425 g/mol. The Morgan fingerprint density at radius 1 is 1.00 bits per heavy atom. The zero-order valence-electron chi connectivity index (χ0n) is 14.6. The topological polar surface area (TPSA) is 90.6 Å². The standard InChI is InChI=1S/C21H12ClNO5S/c22-14-5-7-15(8-6-14)23-19(24)18(29-21(23)27)11-16-9-10-17(28-16)12-1-3-13(4-2-12)20(25)26/h1-11H,(H,25,26)/p-1/b18-11-. The summed E-state index contributed by atoms with van der Waals surface area (Å²) in [5.74, 6) is -0.810. The van der Waals surface area contributed by atoms with Crippen molar-refractivity contribution in [2.24, 2.45) is 0 Å². The summed E-state index contributed by atoms with van der Waals surface area (Å²) in [7, 11) is 0. The van der Waals surface area contributed by atoms with E-state index in [0.717, 1.165) is 16.7 Å². The highest BCUT2D eigenvalue weighted by Gasteiger charge is 2.36. The van der Waals surface area contributed by atoms with Gasteiger partial charge < -0.3 is 14.3 Å². The van der Waals surface area contributed by atoms with Gasteiger partial charge in [0.15, 0.2) is 0 Å². The van der Waals surface area contributed by atoms with Gasteiger partial charge in [0.1, 0.15) is 11.5 Å². The first-order valence-electron chi connectivity index (χ1n) is 8.37. The maximum absolute atomic E-state index is 12.7. The fraction of sp³-hybridized carbons (Fsp3) is 0. The molecule has 2 aromatic carbocycles. The lowest BCUT2D eigenvalue weighted by Crippen LogP contribution is -2.27. The van der Waals surface area contributed by atoms with Crippen molar-refractivity contribution in [3.8, 4) is 11.3 Å². The number of benzene rings is 2. The first kappa shape index (κ1) is 19.0. The van der Waals surface area contributed by atoms with Gasteiger partial charge in [0, 0.05) is 16.7 Å². The molecule has 0 spiro atoms. The fourth-order valence-electron chi connectivity index (χ4n) is 2.77. The summed E-state index contributed by atoms with van der Waals surface area (Å²) in [6, 6.07) is 15.8. The van der Waals surface area contributed by atoms with Crippen LogP contribution >= 0.6 is 23.4 Å². The van der Waals surface area contributed by atoms with E-state index in [2.05, 4.69) is 0 Å². The van der Waals surface area contributed by atoms with Gasteiger partial charge in [-0.1, -0.05) is 35.9 Å². The molecule has 8 heteroatoms. The number of halogens is 1. The van der Waals surface area contributed by atoms with Crippen LogP contribution in [0.1, 0.15) is 16.1 Å². The number of carboxylic acids is 1. The molecule has 0 bridgehead atoms. The second kappa shape index (κ2) is 7.62. The van der Waals surface area contributed by atoms with Crippen molar-refractivity contribution in [3.05, 3.63) is 81.9 Å². The van der Waals surface area contributed by atoms with Gasteiger partial charge in [-0.15, -0.1) is 0 Å². The fourth-order valence-corrected chi connectivity index (χ4v) is 3.71. The number of thioether (sulfide) groups is 1. The van der Waals surface area contributed by atoms with Crippen molar-refractivity contribution in [1.29, 1.82) is 0 Å². The number of aromatic carboxylic acids is 1. The number of carbonyl (C=O) groups is 3. The van der Waals surface area contributed by atoms with Crippen molar-refractivity contribution in [2.45, 2.75) is 0 Å². The van der Waals surface area contributed by atoms with Crippen molar-refractivity contribution in [2.75, 3.05) is 4.90 Å². The van der Waals surface area contributed by atoms with E-state index in [1.807, 2.05) is 0 Å². The van der Waals surface area contributed by atoms with E-state index in [-0.39, 0.29) is 10.5 Å². The number of hydrogen-bond acceptors (Lipinski definition) is 6. The predicted molar refractivity (Wildman–Crippen MR) is 108 cm³/mol. The Balaban J connectivity index is 1.57. The van der Waals surface area contributed by atoms with Crippen molar-refractivity contribution < 1.29 is 23.9 Å². The van der Waals surface area contributed by atoms with Crippen LogP contribution in [0, 0.1) is 0 Å². The number of carbonyl (C=O) groups excluding carboxylic acids is 3. The molecule has 1 saturated heterocycles. The summed E-state index contributed by atoms with van der Waals surface area (Å²) >= 11 is 6.67. The van der Waals surface area contributed by atoms with Crippen LogP contribution in [0.3, 0.4) is 0 Å². The number of anilines is 1. The highest BCUT2D eigenvalue weighted by atomic mass is 35.5. The number of rotatable bonds is 4. The first-order valence-corrected chi connectivity index (χ1v) is 9.57. The van der Waals surface area contributed by atoms with Gasteiger partial charge in [-0.25, -0.2) is 4.90 Å². The Hall–Kier alpha value is -3.29. The van der Waals surface area contributed by atoms with E-state index >= 15 is 0 Å². The van der Waals surface area contributed by atoms with Crippen molar-refractivity contribution in [1.82, 2.24) is 0 Å². The van der Waals surface area contributed by atoms with Gasteiger partial charge in [0.05, 0.1) is 16.6 Å². The summed E-state index contributed by atoms with van der Waals surface area (Å²) in [6.07, 6.45) is 1.50. The number of carboxylic acid groups (broad SMARTS) is 1. The minimum atomic E-state index is -1.26. The Morgan fingerprint density at radius 3 is 2.34 bits per heavy atom. The molecule has 0 atom stereocenters. The van der Waals surface area contributed by atoms with E-state index < -0.39 is 17.1 Å². The molecule has 0 saturated carbocycles. The molecule has 3 aromatic rings. The average Bonchev–Trinajstić information content (AvgIpc) is 3.28. The summed E-state index contributed by atoms with van der Waals surface area (Å²) in [4.78, 5) is 37.1. The third-order valence-corrected chi connectivity index (χ3v) is 5.31. The van der Waals surface area contributed by atoms with Crippen LogP contribution in [0.15, 0.2) is 70.0 Å². The third-order valence-electron chi connectivity index (χ3n) is 4.18. The van der Waals surface area contributed by atoms with E-state index in [4.69, 9.17) is 16.0 Å². The molecule has 4 rings (SSSR count). The van der Waals surface area contributed by atoms with Crippen molar-refractivity contribution >= 4 is 52.2 Å². The Bertz CT molecular complexity index is 1150. The number of hydrogen-bond donors (Lipinski definition) is 0. The number of nitrogens with zero attached hydrogens (tertiary/aromatic N) is 1. The minimum Gasteiger partial charge on any atom is -0.545 e. The van der Waals surface area contributed by atoms with Gasteiger partial charge in [0.25, 0.3) is 11.1 Å². The first-order chi connectivity index (χ1) is 13.9. The number of furan rings is 1. The van der Waals surface area contributed by atoms with Crippen molar-refractivity contribution in [3.63, 3.8) is 0 Å². The molecule has 0 radical (unpaired) electrons. The lowest BCUT2D eigenvalue weighted by atomic mass is 10.1. The van der Waals surface area contributed by atoms with Gasteiger partial charge in [-0.3, -0.25) is 9.59 Å². The molecular weight excluding hydrogens is 414 g/mol. The molecule has 29 heavy (non-hydrogen) atoms. The van der Waals surface area contributed by atoms with Gasteiger partial charge in [-0.2, -0.15) is 0 Å². The van der Waals surface area contributed by atoms with Crippen LogP contribution in [0.25, 0.3) is 17.4 Å². The van der Waals surface area contributed by atoms with E-state index in [1.165, 1.54) is 18.2 Å². The zero-order valence-corrected chi connectivity index (χ0v) is 16.2. The second-order valence-electron chi connectivity index (χ2n) is 6.06. The SMILES string of the molecule is O=C([O-])c1ccc(-c2ccc(/C=C3\SC(=O)N(c4ccc(Cl)cc4)C3=O)o2)cc1. The van der Waals surface area contributed by atoms with Crippen LogP contribution in [0.2, 0.25) is 5.02 Å². The maximum atomic E-state index is 12.7. The van der Waals surface area contributed by atoms with E-state index in [1.54, 1.807) is 48.5 Å². The zero-order chi connectivity index (χ0) is 20.5. The molecule has 2 heterocycles. The molecule has 1 aromatic heterocycles. The number of amides is 2. The highest BCUT2D eigenvalue weighted by molar-refractivity contribution is 8.19. The Kier molecular flexibility index (Phi) is 5.00. The Labute approximate surface area is 174 Å². The lowest BCUT2D eigenvalue weighted by molar-refractivity contribution is -0.255. The van der Waals surface area contributed by atoms with E-state index in [9.17, 15) is 19.5 Å². The lowest BCUT2D eigenvalue weighted by Gasteiger charge is -2.11. The summed E-state index contributed by atoms with van der Waals surface area (Å²) in [5, 5.41) is 10.9. The molecule has 2 amide bonds. The molecule has 144 valence electrons. The van der Waals surface area contributed by atoms with Gasteiger partial charge in [0.2, 0.25) is 0 Å². The van der Waals surface area contributed by atoms with Crippen LogP contribution < -0.4 is 10.0 Å². The summed E-state index contributed by atoms with van der Waals surface area (Å²) in [6.45, 7) is 0. The van der Waals surface area contributed by atoms with Crippen LogP contribution in [-0.2, 0) is 4.79 Å². The molecule has 0 N–H and O–H groups in total. The van der Waals surface area contributed by atoms with E-state index in [0.29, 0.717) is 27.8 Å². The monoisotopic (exact) mass is 424 g/mol. The summed E-state index contributed by atoms with van der Waals surface area (Å²) < 4.78 is 5.72. The predicted octanol–water partition coefficient (Wildman–Crippen LogP) is 4.20. The molecule has 1 aliphatic heterocycles. The summed E-state index contributed by atoms with van der Waals surface area (Å²) in [5.41, 5.74) is 1.17. The van der Waals surface area contributed by atoms with Gasteiger partial charge >= 0.3 is 0 Å². The molecule has 0 aliphatic carbocycles. The molecule has 1 fully saturated rings. The number of imide groups is 1. The van der Waals surface area contributed by atoms with Gasteiger partial charge in [-0.05, 0) is 53.7 Å². The van der Waals surface area contributed by atoms with Crippen LogP contribution in [0.5, 0.6) is 0 Å². The van der Waals surface area contributed by atoms with Crippen LogP contribution in [-0.4, -0.2) is 17.1 Å². The smallest absolute Gasteiger partial charge is 0.298 e. The highest BCUT2D eigenvalue weighted by Crippen LogP contribution is 2.36. The molecule has 6 nitrogen and oxygen atoms in total. The normalized spacial score (nSPS) is 15.3.